The highest BCUT2D eigenvalue weighted by atomic mass is 16.6. The van der Waals surface area contributed by atoms with E-state index in [4.69, 9.17) is 4.74 Å². The van der Waals surface area contributed by atoms with E-state index >= 15 is 0 Å². The zero-order chi connectivity index (χ0) is 27.9. The summed E-state index contributed by atoms with van der Waals surface area (Å²) in [5.74, 6) is -0.814. The molecule has 0 radical (unpaired) electrons. The molecule has 38 heavy (non-hydrogen) atoms. The number of hydrogen-bond donors (Lipinski definition) is 3. The monoisotopic (exact) mass is 523 g/mol. The summed E-state index contributed by atoms with van der Waals surface area (Å²) in [5, 5.41) is 16.5. The number of nitrogens with one attached hydrogen (secondary N) is 2. The molecule has 0 spiro atoms. The van der Waals surface area contributed by atoms with Crippen molar-refractivity contribution >= 4 is 17.9 Å². The number of para-hydroxylation sites is 1. The van der Waals surface area contributed by atoms with Gasteiger partial charge in [0.05, 0.1) is 0 Å². The van der Waals surface area contributed by atoms with Crippen LogP contribution in [-0.4, -0.2) is 51.6 Å². The minimum absolute atomic E-state index is 0.0612. The molecular weight excluding hydrogens is 482 g/mol. The van der Waals surface area contributed by atoms with E-state index in [0.29, 0.717) is 5.56 Å². The van der Waals surface area contributed by atoms with Crippen LogP contribution in [0.2, 0.25) is 0 Å². The quantitative estimate of drug-likeness (QED) is 0.390. The van der Waals surface area contributed by atoms with Crippen molar-refractivity contribution < 1.29 is 24.2 Å². The van der Waals surface area contributed by atoms with Crippen LogP contribution in [0.25, 0.3) is 0 Å². The number of carbonyl (C=O) groups is 3. The Kier molecular flexibility index (Phi) is 9.78. The van der Waals surface area contributed by atoms with E-state index in [-0.39, 0.29) is 30.2 Å². The maximum atomic E-state index is 14.3. The molecule has 0 heterocycles. The topological polar surface area (TPSA) is 108 Å². The van der Waals surface area contributed by atoms with Gasteiger partial charge >= 0.3 is 6.09 Å². The molecule has 0 saturated heterocycles. The van der Waals surface area contributed by atoms with E-state index in [1.54, 1.807) is 43.9 Å². The van der Waals surface area contributed by atoms with Crippen LogP contribution in [0.3, 0.4) is 0 Å². The molecule has 3 unspecified atom stereocenters. The van der Waals surface area contributed by atoms with Crippen molar-refractivity contribution in [2.45, 2.75) is 96.5 Å². The summed E-state index contributed by atoms with van der Waals surface area (Å²) in [7, 11) is 0. The van der Waals surface area contributed by atoms with E-state index in [0.717, 1.165) is 31.2 Å². The fourth-order valence-electron chi connectivity index (χ4n) is 4.51. The number of hydrogen-bond acceptors (Lipinski definition) is 5. The van der Waals surface area contributed by atoms with Crippen molar-refractivity contribution in [3.8, 4) is 5.75 Å². The molecular formula is C30H41N3O5. The Balaban J connectivity index is 2.00. The van der Waals surface area contributed by atoms with Gasteiger partial charge in [0.2, 0.25) is 11.8 Å². The molecule has 2 aromatic rings. The lowest BCUT2D eigenvalue weighted by molar-refractivity contribution is -0.143. The molecule has 1 aliphatic carbocycles. The zero-order valence-corrected chi connectivity index (χ0v) is 23.1. The first-order chi connectivity index (χ1) is 18.0. The summed E-state index contributed by atoms with van der Waals surface area (Å²) in [4.78, 5) is 42.3. The lowest BCUT2D eigenvalue weighted by Gasteiger charge is -2.35. The molecule has 1 saturated carbocycles. The second-order valence-electron chi connectivity index (χ2n) is 11.0. The van der Waals surface area contributed by atoms with Gasteiger partial charge < -0.3 is 25.4 Å². The smallest absolute Gasteiger partial charge is 0.408 e. The van der Waals surface area contributed by atoms with Crippen molar-refractivity contribution in [3.63, 3.8) is 0 Å². The zero-order valence-electron chi connectivity index (χ0n) is 23.1. The van der Waals surface area contributed by atoms with Crippen molar-refractivity contribution in [1.29, 1.82) is 0 Å². The second-order valence-corrected chi connectivity index (χ2v) is 11.0. The Morgan fingerprint density at radius 3 is 2.24 bits per heavy atom. The minimum atomic E-state index is -1.05. The second kappa shape index (κ2) is 12.8. The van der Waals surface area contributed by atoms with Crippen LogP contribution >= 0.6 is 0 Å². The first-order valence-corrected chi connectivity index (χ1v) is 13.4. The van der Waals surface area contributed by atoms with Gasteiger partial charge in [-0.05, 0) is 58.6 Å². The molecule has 1 aliphatic rings. The van der Waals surface area contributed by atoms with E-state index in [1.165, 1.54) is 6.07 Å². The third kappa shape index (κ3) is 8.23. The van der Waals surface area contributed by atoms with Crippen LogP contribution in [0.15, 0.2) is 54.6 Å². The van der Waals surface area contributed by atoms with Gasteiger partial charge in [-0.25, -0.2) is 4.79 Å². The molecule has 0 bridgehead atoms. The molecule has 3 rings (SSSR count). The fraction of sp³-hybridized carbons (Fsp3) is 0.500. The molecule has 8 nitrogen and oxygen atoms in total. The molecule has 3 amide bonds. The molecule has 8 heteroatoms. The SMILES string of the molecule is CCCC(C)NC(=O)C(c1ccccc1O)N(C(=O)C(Cc1ccccc1)NC(=O)OC(C)(C)C)C1CC1. The van der Waals surface area contributed by atoms with Gasteiger partial charge in [0, 0.05) is 24.1 Å². The number of rotatable bonds is 11. The van der Waals surface area contributed by atoms with Crippen molar-refractivity contribution in [2.75, 3.05) is 0 Å². The summed E-state index contributed by atoms with van der Waals surface area (Å²) in [6.07, 6.45) is 2.67. The van der Waals surface area contributed by atoms with Crippen LogP contribution in [0, 0.1) is 0 Å². The maximum Gasteiger partial charge on any atom is 0.408 e. The van der Waals surface area contributed by atoms with Crippen molar-refractivity contribution in [1.82, 2.24) is 15.5 Å². The summed E-state index contributed by atoms with van der Waals surface area (Å²) < 4.78 is 5.46. The Hall–Kier alpha value is -3.55. The Bertz CT molecular complexity index is 1090. The van der Waals surface area contributed by atoms with Crippen LogP contribution < -0.4 is 10.6 Å². The summed E-state index contributed by atoms with van der Waals surface area (Å²) in [6, 6.07) is 13.7. The third-order valence-corrected chi connectivity index (χ3v) is 6.33. The standard InChI is InChI=1S/C30H41N3O5/c1-6-12-20(2)31-27(35)26(23-15-10-11-16-25(23)34)33(22-17-18-22)28(36)24(19-21-13-8-7-9-14-21)32-29(37)38-30(3,4)5/h7-11,13-16,20,22,24,26,34H,6,12,17-19H2,1-5H3,(H,31,35)(H,32,37). The highest BCUT2D eigenvalue weighted by molar-refractivity contribution is 5.93. The molecule has 0 aliphatic heterocycles. The van der Waals surface area contributed by atoms with E-state index in [1.807, 2.05) is 44.2 Å². The largest absolute Gasteiger partial charge is 0.508 e. The van der Waals surface area contributed by atoms with Gasteiger partial charge in [-0.1, -0.05) is 61.9 Å². The normalized spacial score (nSPS) is 15.6. The number of alkyl carbamates (subject to hydrolysis) is 1. The van der Waals surface area contributed by atoms with E-state index in [9.17, 15) is 19.5 Å². The van der Waals surface area contributed by atoms with Gasteiger partial charge in [0.1, 0.15) is 23.4 Å². The first kappa shape index (κ1) is 29.0. The van der Waals surface area contributed by atoms with Crippen LogP contribution in [0.5, 0.6) is 5.75 Å². The number of ether oxygens (including phenoxy) is 1. The van der Waals surface area contributed by atoms with E-state index in [2.05, 4.69) is 10.6 Å². The number of benzene rings is 2. The Labute approximate surface area is 225 Å². The maximum absolute atomic E-state index is 14.3. The third-order valence-electron chi connectivity index (χ3n) is 6.33. The lowest BCUT2D eigenvalue weighted by atomic mass is 9.99. The first-order valence-electron chi connectivity index (χ1n) is 13.4. The molecule has 0 aromatic heterocycles. The van der Waals surface area contributed by atoms with Crippen molar-refractivity contribution in [3.05, 3.63) is 65.7 Å². The fourth-order valence-corrected chi connectivity index (χ4v) is 4.51. The van der Waals surface area contributed by atoms with Gasteiger partial charge in [-0.3, -0.25) is 9.59 Å². The molecule has 3 atom stereocenters. The van der Waals surface area contributed by atoms with E-state index < -0.39 is 29.7 Å². The summed E-state index contributed by atoms with van der Waals surface area (Å²) in [6.45, 7) is 9.24. The number of carbonyl (C=O) groups excluding carboxylic acids is 3. The predicted molar refractivity (Wildman–Crippen MR) is 147 cm³/mol. The molecule has 3 N–H and O–H groups in total. The highest BCUT2D eigenvalue weighted by Crippen LogP contribution is 2.38. The van der Waals surface area contributed by atoms with Crippen molar-refractivity contribution in [2.24, 2.45) is 0 Å². The number of amides is 3. The van der Waals surface area contributed by atoms with Gasteiger partial charge in [-0.15, -0.1) is 0 Å². The molecule has 2 aromatic carbocycles. The molecule has 206 valence electrons. The van der Waals surface area contributed by atoms with Gasteiger partial charge in [0.25, 0.3) is 0 Å². The van der Waals surface area contributed by atoms with Crippen LogP contribution in [0.4, 0.5) is 4.79 Å². The Morgan fingerprint density at radius 2 is 1.66 bits per heavy atom. The summed E-state index contributed by atoms with van der Waals surface area (Å²) in [5.41, 5.74) is 0.469. The average Bonchev–Trinajstić information content (AvgIpc) is 3.67. The number of phenols is 1. The lowest BCUT2D eigenvalue weighted by Crippen LogP contribution is -2.55. The molecule has 1 fully saturated rings. The summed E-state index contributed by atoms with van der Waals surface area (Å²) >= 11 is 0. The average molecular weight is 524 g/mol. The van der Waals surface area contributed by atoms with Gasteiger partial charge in [-0.2, -0.15) is 0 Å². The Morgan fingerprint density at radius 1 is 1.03 bits per heavy atom. The number of phenolic OH excluding ortho intramolecular Hbond substituents is 1. The predicted octanol–water partition coefficient (Wildman–Crippen LogP) is 4.87. The number of aromatic hydroxyl groups is 1. The number of nitrogens with zero attached hydrogens (tertiary/aromatic N) is 1. The highest BCUT2D eigenvalue weighted by Gasteiger charge is 2.45. The van der Waals surface area contributed by atoms with Crippen LogP contribution in [0.1, 0.15) is 77.5 Å². The minimum Gasteiger partial charge on any atom is -0.508 e. The van der Waals surface area contributed by atoms with Gasteiger partial charge in [0.15, 0.2) is 0 Å². The van der Waals surface area contributed by atoms with Crippen LogP contribution in [-0.2, 0) is 20.7 Å².